The number of rotatable bonds is 1. The highest BCUT2D eigenvalue weighted by Gasteiger charge is 1.98. The summed E-state index contributed by atoms with van der Waals surface area (Å²) in [6.45, 7) is 0. The fourth-order valence-electron chi connectivity index (χ4n) is 0. The van der Waals surface area contributed by atoms with Crippen LogP contribution in [0.2, 0.25) is 0 Å². The van der Waals surface area contributed by atoms with Gasteiger partial charge in [0.2, 0.25) is 0 Å². The molecule has 8 heavy (non-hydrogen) atoms. The Labute approximate surface area is 46.6 Å². The van der Waals surface area contributed by atoms with Crippen LogP contribution in [0.3, 0.4) is 0 Å². The van der Waals surface area contributed by atoms with Crippen molar-refractivity contribution in [2.45, 2.75) is 0 Å². The molecule has 0 aromatic heterocycles. The molecule has 0 rings (SSSR count). The zero-order valence-corrected chi connectivity index (χ0v) is 5.13. The molecule has 0 bridgehead atoms. The molecule has 52 valence electrons. The topological polar surface area (TPSA) is 145 Å². The van der Waals surface area contributed by atoms with E-state index in [1.807, 2.05) is 0 Å². The molecule has 8 N–H and O–H groups in total. The Balaban J connectivity index is -0.000000125. The summed E-state index contributed by atoms with van der Waals surface area (Å²) in [6.07, 6.45) is 0. The van der Waals surface area contributed by atoms with Gasteiger partial charge in [-0.2, -0.15) is 0 Å². The molecular weight excluding hydrogens is 135 g/mol. The van der Waals surface area contributed by atoms with Crippen LogP contribution in [0.1, 0.15) is 0 Å². The van der Waals surface area contributed by atoms with Crippen LogP contribution < -0.4 is 12.3 Å². The number of hydrogen-bond donors (Lipinski definition) is 4. The number of carbonyl (C=O) groups is 1. The standard InChI is InChI=1S/CH3O4P.2H3N/c2-1(3)6(4)5;;/h6H,(H,2,3)(H,4,5);2*1H3. The van der Waals surface area contributed by atoms with Gasteiger partial charge in [0.15, 0.2) is 0 Å². The Morgan fingerprint density at radius 1 is 1.38 bits per heavy atom. The van der Waals surface area contributed by atoms with Crippen molar-refractivity contribution in [3.8, 4) is 0 Å². The molecule has 0 aliphatic carbocycles. The van der Waals surface area contributed by atoms with Gasteiger partial charge < -0.3 is 22.3 Å². The third-order valence-corrected chi connectivity index (χ3v) is 0.549. The predicted molar refractivity (Wildman–Crippen MR) is 29.3 cm³/mol. The molecule has 0 amide bonds. The van der Waals surface area contributed by atoms with Crippen molar-refractivity contribution in [2.24, 2.45) is 0 Å². The molecule has 0 aliphatic rings. The Kier molecular flexibility index (Phi) is 12.9. The van der Waals surface area contributed by atoms with Crippen molar-refractivity contribution in [1.29, 1.82) is 0 Å². The SMILES string of the molecule is N.N.O=C(O)[PH](=O)O. The third-order valence-electron chi connectivity index (χ3n) is 0.183. The van der Waals surface area contributed by atoms with Crippen molar-refractivity contribution >= 4 is 13.7 Å². The quantitative estimate of drug-likeness (QED) is 0.393. The zero-order valence-electron chi connectivity index (χ0n) is 4.13. The molecular formula is CH9N2O4P. The van der Waals surface area contributed by atoms with Gasteiger partial charge in [0, 0.05) is 0 Å². The molecule has 0 fully saturated rings. The second-order valence-electron chi connectivity index (χ2n) is 0.610. The van der Waals surface area contributed by atoms with Gasteiger partial charge in [-0.15, -0.1) is 0 Å². The van der Waals surface area contributed by atoms with E-state index in [-0.39, 0.29) is 12.3 Å². The van der Waals surface area contributed by atoms with Gasteiger partial charge >= 0.3 is 5.71 Å². The second-order valence-corrected chi connectivity index (χ2v) is 1.65. The van der Waals surface area contributed by atoms with Crippen LogP contribution >= 0.6 is 8.03 Å². The molecule has 0 heterocycles. The summed E-state index contributed by atoms with van der Waals surface area (Å²) in [5.41, 5.74) is -1.64. The van der Waals surface area contributed by atoms with Gasteiger partial charge in [-0.1, -0.05) is 0 Å². The van der Waals surface area contributed by atoms with Crippen molar-refractivity contribution in [2.75, 3.05) is 0 Å². The summed E-state index contributed by atoms with van der Waals surface area (Å²) in [7, 11) is -3.28. The molecule has 0 saturated carbocycles. The van der Waals surface area contributed by atoms with Gasteiger partial charge in [0.1, 0.15) is 0 Å². The van der Waals surface area contributed by atoms with E-state index >= 15 is 0 Å². The zero-order chi connectivity index (χ0) is 5.15. The molecule has 0 saturated heterocycles. The largest absolute Gasteiger partial charge is 0.474 e. The maximum atomic E-state index is 9.28. The van der Waals surface area contributed by atoms with Crippen LogP contribution in [0.15, 0.2) is 0 Å². The molecule has 6 nitrogen and oxygen atoms in total. The van der Waals surface area contributed by atoms with E-state index in [2.05, 4.69) is 0 Å². The monoisotopic (exact) mass is 144 g/mol. The van der Waals surface area contributed by atoms with Crippen molar-refractivity contribution in [1.82, 2.24) is 12.3 Å². The van der Waals surface area contributed by atoms with Gasteiger partial charge in [-0.25, -0.2) is 4.79 Å². The first-order valence-corrected chi connectivity index (χ1v) is 2.46. The minimum absolute atomic E-state index is 0. The Bertz CT molecular complexity index is 80.0. The van der Waals surface area contributed by atoms with E-state index in [0.717, 1.165) is 0 Å². The Morgan fingerprint density at radius 2 is 1.50 bits per heavy atom. The minimum Gasteiger partial charge on any atom is -0.474 e. The summed E-state index contributed by atoms with van der Waals surface area (Å²) in [4.78, 5) is 16.8. The highest BCUT2D eigenvalue weighted by atomic mass is 31.1. The molecule has 0 aliphatic heterocycles. The summed E-state index contributed by atoms with van der Waals surface area (Å²) < 4.78 is 9.28. The average Bonchev–Trinajstić information content (AvgIpc) is 1.36. The highest BCUT2D eigenvalue weighted by Crippen LogP contribution is 2.11. The Morgan fingerprint density at radius 3 is 1.50 bits per heavy atom. The first-order valence-electron chi connectivity index (χ1n) is 1.11. The first-order chi connectivity index (χ1) is 2.64. The van der Waals surface area contributed by atoms with E-state index in [1.54, 1.807) is 0 Å². The summed E-state index contributed by atoms with van der Waals surface area (Å²) in [5.74, 6) is 0. The molecule has 0 aromatic rings. The second kappa shape index (κ2) is 6.58. The molecule has 0 aromatic carbocycles. The lowest BCUT2D eigenvalue weighted by Gasteiger charge is -1.74. The van der Waals surface area contributed by atoms with Gasteiger partial charge in [0.25, 0.3) is 8.03 Å². The maximum absolute atomic E-state index is 9.28. The number of carboxylic acid groups (broad SMARTS) is 1. The first kappa shape index (κ1) is 15.6. The third kappa shape index (κ3) is 9.13. The van der Waals surface area contributed by atoms with Crippen molar-refractivity contribution in [3.63, 3.8) is 0 Å². The van der Waals surface area contributed by atoms with Crippen LogP contribution in [-0.2, 0) is 4.57 Å². The lowest BCUT2D eigenvalue weighted by molar-refractivity contribution is 0.217. The van der Waals surface area contributed by atoms with E-state index < -0.39 is 13.7 Å². The lowest BCUT2D eigenvalue weighted by Crippen LogP contribution is -1.77. The maximum Gasteiger partial charge on any atom is 0.385 e. The van der Waals surface area contributed by atoms with Gasteiger partial charge in [-0.05, 0) is 0 Å². The summed E-state index contributed by atoms with van der Waals surface area (Å²) in [6, 6.07) is 0. The molecule has 1 atom stereocenters. The number of hydrogen-bond acceptors (Lipinski definition) is 4. The van der Waals surface area contributed by atoms with E-state index in [0.29, 0.717) is 0 Å². The lowest BCUT2D eigenvalue weighted by atomic mass is 11.6. The smallest absolute Gasteiger partial charge is 0.385 e. The molecule has 0 spiro atoms. The van der Waals surface area contributed by atoms with Gasteiger partial charge in [-0.3, -0.25) is 4.57 Å². The Hall–Kier alpha value is -0.420. The minimum atomic E-state index is -3.28. The predicted octanol–water partition coefficient (Wildman–Crippen LogP) is 0.455. The van der Waals surface area contributed by atoms with E-state index in [9.17, 15) is 9.36 Å². The molecule has 0 radical (unpaired) electrons. The summed E-state index contributed by atoms with van der Waals surface area (Å²) >= 11 is 0. The fraction of sp³-hybridized carbons (Fsp3) is 0. The van der Waals surface area contributed by atoms with Crippen LogP contribution in [0.5, 0.6) is 0 Å². The van der Waals surface area contributed by atoms with Gasteiger partial charge in [0.05, 0.1) is 0 Å². The normalized spacial score (nSPS) is 10.1. The van der Waals surface area contributed by atoms with E-state index in [4.69, 9.17) is 10.00 Å². The molecule has 7 heteroatoms. The highest BCUT2D eigenvalue weighted by molar-refractivity contribution is 7.57. The van der Waals surface area contributed by atoms with Crippen LogP contribution in [-0.4, -0.2) is 15.7 Å². The van der Waals surface area contributed by atoms with Crippen LogP contribution in [0, 0.1) is 0 Å². The summed E-state index contributed by atoms with van der Waals surface area (Å²) in [5, 5.41) is 7.47. The average molecular weight is 144 g/mol. The van der Waals surface area contributed by atoms with Crippen LogP contribution in [0.4, 0.5) is 4.79 Å². The molecule has 1 unspecified atom stereocenters. The van der Waals surface area contributed by atoms with Crippen molar-refractivity contribution < 1.29 is 19.4 Å². The van der Waals surface area contributed by atoms with E-state index in [1.165, 1.54) is 0 Å². The van der Waals surface area contributed by atoms with Crippen LogP contribution in [0.25, 0.3) is 0 Å². The van der Waals surface area contributed by atoms with Crippen molar-refractivity contribution in [3.05, 3.63) is 0 Å². The fourth-order valence-corrected chi connectivity index (χ4v) is 0.